The number of nitrogens with zero attached hydrogens (tertiary/aromatic N) is 1. The van der Waals surface area contributed by atoms with E-state index in [1.807, 2.05) is 6.07 Å². The smallest absolute Gasteiger partial charge is 0.187 e. The fourth-order valence-electron chi connectivity index (χ4n) is 1.71. The van der Waals surface area contributed by atoms with Gasteiger partial charge in [0.25, 0.3) is 0 Å². The Kier molecular flexibility index (Phi) is 4.57. The first kappa shape index (κ1) is 14.6. The SMILES string of the molecule is N#CCOc1ccc(NCc2cc(F)c(O)c(F)c2)cc1. The summed E-state index contributed by atoms with van der Waals surface area (Å²) in [5, 5.41) is 20.4. The second kappa shape index (κ2) is 6.57. The highest BCUT2D eigenvalue weighted by atomic mass is 19.1. The number of aromatic hydroxyl groups is 1. The van der Waals surface area contributed by atoms with Gasteiger partial charge in [-0.2, -0.15) is 5.26 Å². The number of rotatable bonds is 5. The topological polar surface area (TPSA) is 65.3 Å². The summed E-state index contributed by atoms with van der Waals surface area (Å²) in [5.41, 5.74) is 1.10. The van der Waals surface area contributed by atoms with Crippen LogP contribution in [0.4, 0.5) is 14.5 Å². The number of phenols is 1. The molecule has 4 nitrogen and oxygen atoms in total. The summed E-state index contributed by atoms with van der Waals surface area (Å²) in [6, 6.07) is 10.8. The maximum atomic E-state index is 13.2. The molecule has 0 spiro atoms. The maximum absolute atomic E-state index is 13.2. The van der Waals surface area contributed by atoms with E-state index in [4.69, 9.17) is 15.1 Å². The van der Waals surface area contributed by atoms with Crippen molar-refractivity contribution in [2.24, 2.45) is 0 Å². The number of halogens is 2. The molecule has 2 N–H and O–H groups in total. The van der Waals surface area contributed by atoms with Crippen molar-refractivity contribution < 1.29 is 18.6 Å². The molecule has 108 valence electrons. The number of hydrogen-bond donors (Lipinski definition) is 2. The third-order valence-electron chi connectivity index (χ3n) is 2.73. The van der Waals surface area contributed by atoms with Gasteiger partial charge in [-0.25, -0.2) is 8.78 Å². The molecule has 0 aliphatic heterocycles. The van der Waals surface area contributed by atoms with Gasteiger partial charge in [0.2, 0.25) is 0 Å². The van der Waals surface area contributed by atoms with Gasteiger partial charge in [0, 0.05) is 12.2 Å². The van der Waals surface area contributed by atoms with Gasteiger partial charge in [0.1, 0.15) is 11.8 Å². The van der Waals surface area contributed by atoms with Crippen molar-refractivity contribution in [3.63, 3.8) is 0 Å². The van der Waals surface area contributed by atoms with Crippen LogP contribution < -0.4 is 10.1 Å². The summed E-state index contributed by atoms with van der Waals surface area (Å²) in [6.07, 6.45) is 0. The van der Waals surface area contributed by atoms with E-state index in [-0.39, 0.29) is 13.2 Å². The minimum Gasteiger partial charge on any atom is -0.503 e. The lowest BCUT2D eigenvalue weighted by Crippen LogP contribution is -2.01. The summed E-state index contributed by atoms with van der Waals surface area (Å²) in [5.74, 6) is -2.40. The van der Waals surface area contributed by atoms with E-state index in [0.717, 1.165) is 17.8 Å². The molecule has 0 aliphatic carbocycles. The molecule has 0 amide bonds. The molecule has 6 heteroatoms. The molecule has 2 aromatic carbocycles. The highest BCUT2D eigenvalue weighted by molar-refractivity contribution is 5.47. The highest BCUT2D eigenvalue weighted by Crippen LogP contribution is 2.22. The predicted molar refractivity (Wildman–Crippen MR) is 72.9 cm³/mol. The Labute approximate surface area is 120 Å². The Morgan fingerprint density at radius 3 is 2.33 bits per heavy atom. The van der Waals surface area contributed by atoms with Gasteiger partial charge in [-0.15, -0.1) is 0 Å². The van der Waals surface area contributed by atoms with Crippen molar-refractivity contribution in [1.29, 1.82) is 5.26 Å². The van der Waals surface area contributed by atoms with Gasteiger partial charge in [0.15, 0.2) is 24.0 Å². The molecule has 0 aliphatic rings. The zero-order chi connectivity index (χ0) is 15.2. The lowest BCUT2D eigenvalue weighted by Gasteiger charge is -2.09. The molecule has 0 saturated carbocycles. The van der Waals surface area contributed by atoms with E-state index in [0.29, 0.717) is 11.3 Å². The zero-order valence-corrected chi connectivity index (χ0v) is 10.9. The van der Waals surface area contributed by atoms with Gasteiger partial charge < -0.3 is 15.2 Å². The lowest BCUT2D eigenvalue weighted by molar-refractivity contribution is 0.368. The normalized spacial score (nSPS) is 9.95. The average molecular weight is 290 g/mol. The first-order valence-corrected chi connectivity index (χ1v) is 6.10. The summed E-state index contributed by atoms with van der Waals surface area (Å²) in [6.45, 7) is 0.172. The van der Waals surface area contributed by atoms with Gasteiger partial charge in [0.05, 0.1) is 0 Å². The molecule has 0 unspecified atom stereocenters. The van der Waals surface area contributed by atoms with Gasteiger partial charge in [-0.05, 0) is 42.0 Å². The second-order valence-electron chi connectivity index (χ2n) is 4.23. The molecule has 0 saturated heterocycles. The van der Waals surface area contributed by atoms with Crippen LogP contribution in [0.25, 0.3) is 0 Å². The number of benzene rings is 2. The lowest BCUT2D eigenvalue weighted by atomic mass is 10.2. The molecule has 0 radical (unpaired) electrons. The largest absolute Gasteiger partial charge is 0.503 e. The van der Waals surface area contributed by atoms with Crippen molar-refractivity contribution in [3.8, 4) is 17.6 Å². The molecule has 0 aromatic heterocycles. The quantitative estimate of drug-likeness (QED) is 0.887. The summed E-state index contributed by atoms with van der Waals surface area (Å²) < 4.78 is 31.5. The van der Waals surface area contributed by atoms with Crippen molar-refractivity contribution in [2.45, 2.75) is 6.54 Å². The van der Waals surface area contributed by atoms with E-state index < -0.39 is 17.4 Å². The van der Waals surface area contributed by atoms with E-state index in [2.05, 4.69) is 5.32 Å². The molecule has 2 rings (SSSR count). The van der Waals surface area contributed by atoms with Crippen LogP contribution in [-0.4, -0.2) is 11.7 Å². The monoisotopic (exact) mass is 290 g/mol. The Hall–Kier alpha value is -2.81. The molecule has 0 atom stereocenters. The molecular weight excluding hydrogens is 278 g/mol. The Morgan fingerprint density at radius 1 is 1.14 bits per heavy atom. The van der Waals surface area contributed by atoms with Crippen LogP contribution in [-0.2, 0) is 6.54 Å². The maximum Gasteiger partial charge on any atom is 0.187 e. The Bertz CT molecular complexity index is 643. The van der Waals surface area contributed by atoms with Crippen molar-refractivity contribution in [3.05, 3.63) is 53.6 Å². The summed E-state index contributed by atoms with van der Waals surface area (Å²) >= 11 is 0. The Morgan fingerprint density at radius 2 is 1.76 bits per heavy atom. The van der Waals surface area contributed by atoms with Crippen LogP contribution in [0.1, 0.15) is 5.56 Å². The number of hydrogen-bond acceptors (Lipinski definition) is 4. The summed E-state index contributed by atoms with van der Waals surface area (Å²) in [4.78, 5) is 0. The van der Waals surface area contributed by atoms with E-state index >= 15 is 0 Å². The fourth-order valence-corrected chi connectivity index (χ4v) is 1.71. The molecule has 2 aromatic rings. The van der Waals surface area contributed by atoms with Crippen LogP contribution in [0.5, 0.6) is 11.5 Å². The average Bonchev–Trinajstić information content (AvgIpc) is 2.49. The van der Waals surface area contributed by atoms with Crippen LogP contribution in [0.15, 0.2) is 36.4 Å². The number of anilines is 1. The predicted octanol–water partition coefficient (Wildman–Crippen LogP) is 3.18. The third kappa shape index (κ3) is 3.83. The van der Waals surface area contributed by atoms with E-state index in [1.54, 1.807) is 24.3 Å². The molecule has 0 heterocycles. The van der Waals surface area contributed by atoms with Crippen LogP contribution in [0.3, 0.4) is 0 Å². The first-order chi connectivity index (χ1) is 10.1. The molecule has 21 heavy (non-hydrogen) atoms. The minimum absolute atomic E-state index is 0.0289. The number of ether oxygens (including phenoxy) is 1. The first-order valence-electron chi connectivity index (χ1n) is 6.10. The van der Waals surface area contributed by atoms with Crippen molar-refractivity contribution >= 4 is 5.69 Å². The van der Waals surface area contributed by atoms with Gasteiger partial charge in [-0.1, -0.05) is 0 Å². The highest BCUT2D eigenvalue weighted by Gasteiger charge is 2.09. The standard InChI is InChI=1S/C15H12F2N2O2/c16-13-7-10(8-14(17)15(13)20)9-19-11-1-3-12(4-2-11)21-6-5-18/h1-4,7-8,19-20H,6,9H2. The Balaban J connectivity index is 1.98. The molecular formula is C15H12F2N2O2. The number of phenolic OH excluding ortho intramolecular Hbond substituents is 1. The minimum atomic E-state index is -0.993. The third-order valence-corrected chi connectivity index (χ3v) is 2.73. The van der Waals surface area contributed by atoms with Crippen LogP contribution in [0, 0.1) is 23.0 Å². The van der Waals surface area contributed by atoms with E-state index in [1.165, 1.54) is 0 Å². The second-order valence-corrected chi connectivity index (χ2v) is 4.23. The zero-order valence-electron chi connectivity index (χ0n) is 10.9. The molecule has 0 fully saturated rings. The van der Waals surface area contributed by atoms with Crippen molar-refractivity contribution in [2.75, 3.05) is 11.9 Å². The number of nitrogens with one attached hydrogen (secondary N) is 1. The fraction of sp³-hybridized carbons (Fsp3) is 0.133. The van der Waals surface area contributed by atoms with Crippen molar-refractivity contribution in [1.82, 2.24) is 0 Å². The summed E-state index contributed by atoms with van der Waals surface area (Å²) in [7, 11) is 0. The molecule has 0 bridgehead atoms. The van der Waals surface area contributed by atoms with Crippen LogP contribution in [0.2, 0.25) is 0 Å². The van der Waals surface area contributed by atoms with E-state index in [9.17, 15) is 8.78 Å². The number of nitriles is 1. The van der Waals surface area contributed by atoms with Gasteiger partial charge in [-0.3, -0.25) is 0 Å². The van der Waals surface area contributed by atoms with Gasteiger partial charge >= 0.3 is 0 Å². The van der Waals surface area contributed by atoms with Crippen LogP contribution >= 0.6 is 0 Å².